The monoisotopic (exact) mass is 456 g/mol. The maximum absolute atomic E-state index is 12.7. The number of unbranched alkanes of at least 4 members (excludes halogenated alkanes) is 1. The average molecular weight is 457 g/mol. The fraction of sp³-hybridized carbons (Fsp3) is 0.400. The number of amides is 2. The van der Waals surface area contributed by atoms with Crippen LogP contribution in [0.3, 0.4) is 0 Å². The van der Waals surface area contributed by atoms with Crippen molar-refractivity contribution < 1.29 is 19.5 Å². The summed E-state index contributed by atoms with van der Waals surface area (Å²) in [6.45, 7) is 3.15. The smallest absolute Gasteiger partial charge is 0.335 e. The van der Waals surface area contributed by atoms with Crippen LogP contribution < -0.4 is 5.32 Å². The number of hydrogen-bond donors (Lipinski definition) is 3. The van der Waals surface area contributed by atoms with Crippen LogP contribution in [0.4, 0.5) is 0 Å². The quantitative estimate of drug-likeness (QED) is 0.400. The van der Waals surface area contributed by atoms with Gasteiger partial charge in [-0.15, -0.1) is 0 Å². The number of nitrogens with zero attached hydrogens (tertiary/aromatic N) is 1. The molecule has 1 unspecified atom stereocenters. The highest BCUT2D eigenvalue weighted by Gasteiger charge is 2.19. The lowest BCUT2D eigenvalue weighted by atomic mass is 10.0. The summed E-state index contributed by atoms with van der Waals surface area (Å²) in [5.74, 6) is -0.831. The summed E-state index contributed by atoms with van der Waals surface area (Å²) in [6, 6.07) is 16.3. The van der Waals surface area contributed by atoms with E-state index in [-0.39, 0.29) is 23.3 Å². The molecule has 32 heavy (non-hydrogen) atoms. The van der Waals surface area contributed by atoms with Crippen LogP contribution in [0.5, 0.6) is 0 Å². The van der Waals surface area contributed by atoms with Gasteiger partial charge in [0.1, 0.15) is 0 Å². The van der Waals surface area contributed by atoms with Crippen molar-refractivity contribution in [2.24, 2.45) is 5.92 Å². The molecule has 0 heterocycles. The first-order valence-electron chi connectivity index (χ1n) is 11.0. The van der Waals surface area contributed by atoms with E-state index >= 15 is 0 Å². The molecule has 7 heteroatoms. The van der Waals surface area contributed by atoms with Crippen LogP contribution in [-0.4, -0.2) is 46.6 Å². The molecule has 0 radical (unpaired) electrons. The summed E-state index contributed by atoms with van der Waals surface area (Å²) in [5, 5.41) is 12.0. The molecule has 0 aliphatic rings. The molecule has 0 saturated heterocycles. The number of carbonyl (C=O) groups excluding carboxylic acids is 2. The second-order valence-electron chi connectivity index (χ2n) is 7.78. The topological polar surface area (TPSA) is 86.7 Å². The molecule has 2 amide bonds. The van der Waals surface area contributed by atoms with Gasteiger partial charge in [0.05, 0.1) is 11.5 Å². The highest BCUT2D eigenvalue weighted by molar-refractivity contribution is 7.80. The molecule has 0 aromatic heterocycles. The molecule has 0 fully saturated rings. The minimum absolute atomic E-state index is 0.0263. The number of carboxylic acid groups (broad SMARTS) is 1. The number of carbonyl (C=O) groups is 3. The van der Waals surface area contributed by atoms with Gasteiger partial charge in [0, 0.05) is 31.8 Å². The highest BCUT2D eigenvalue weighted by Crippen LogP contribution is 2.12. The summed E-state index contributed by atoms with van der Waals surface area (Å²) in [6.07, 6.45) is 2.79. The lowest BCUT2D eigenvalue weighted by molar-refractivity contribution is -0.132. The maximum Gasteiger partial charge on any atom is 0.335 e. The lowest BCUT2D eigenvalue weighted by Crippen LogP contribution is -2.40. The predicted molar refractivity (Wildman–Crippen MR) is 129 cm³/mol. The van der Waals surface area contributed by atoms with Crippen molar-refractivity contribution in [3.63, 3.8) is 0 Å². The largest absolute Gasteiger partial charge is 0.478 e. The summed E-state index contributed by atoms with van der Waals surface area (Å²) < 4.78 is 0. The standard InChI is InChI=1S/C25H32N2O4S/c1-2-3-9-23(28)27(17-20-10-12-21(13-11-20)25(30)31)15-14-26-24(29)22(18-32)16-19-7-5-4-6-8-19/h4-8,10-13,22,32H,2-3,9,14-18H2,1H3,(H,26,29)(H,30,31). The Hall–Kier alpha value is -2.80. The molecule has 0 aliphatic heterocycles. The number of hydrogen-bond acceptors (Lipinski definition) is 4. The number of carboxylic acids is 1. The highest BCUT2D eigenvalue weighted by atomic mass is 32.1. The summed E-state index contributed by atoms with van der Waals surface area (Å²) in [4.78, 5) is 38.1. The molecule has 6 nitrogen and oxygen atoms in total. The molecule has 0 spiro atoms. The minimum Gasteiger partial charge on any atom is -0.478 e. The van der Waals surface area contributed by atoms with E-state index < -0.39 is 5.97 Å². The van der Waals surface area contributed by atoms with Crippen molar-refractivity contribution in [1.29, 1.82) is 0 Å². The van der Waals surface area contributed by atoms with E-state index in [1.165, 1.54) is 12.1 Å². The van der Waals surface area contributed by atoms with Gasteiger partial charge in [-0.2, -0.15) is 12.6 Å². The minimum atomic E-state index is -0.982. The van der Waals surface area contributed by atoms with Gasteiger partial charge in [0.25, 0.3) is 0 Å². The van der Waals surface area contributed by atoms with Gasteiger partial charge in [-0.05, 0) is 36.1 Å². The molecule has 2 aromatic rings. The van der Waals surface area contributed by atoms with E-state index in [1.54, 1.807) is 17.0 Å². The van der Waals surface area contributed by atoms with Crippen LogP contribution in [-0.2, 0) is 22.6 Å². The molecule has 2 rings (SSSR count). The Morgan fingerprint density at radius 1 is 1.03 bits per heavy atom. The number of benzene rings is 2. The zero-order valence-corrected chi connectivity index (χ0v) is 19.4. The van der Waals surface area contributed by atoms with Crippen molar-refractivity contribution in [2.45, 2.75) is 39.2 Å². The Bertz CT molecular complexity index is 871. The predicted octanol–water partition coefficient (Wildman–Crippen LogP) is 3.81. The van der Waals surface area contributed by atoms with Crippen LogP contribution >= 0.6 is 12.6 Å². The van der Waals surface area contributed by atoms with E-state index in [0.717, 1.165) is 24.0 Å². The van der Waals surface area contributed by atoms with Crippen LogP contribution in [0.15, 0.2) is 54.6 Å². The van der Waals surface area contributed by atoms with Crippen LogP contribution in [0.2, 0.25) is 0 Å². The third-order valence-corrected chi connectivity index (χ3v) is 5.71. The summed E-state index contributed by atoms with van der Waals surface area (Å²) in [7, 11) is 0. The molecular formula is C25H32N2O4S. The maximum atomic E-state index is 12.7. The zero-order chi connectivity index (χ0) is 23.3. The molecule has 2 aromatic carbocycles. The van der Waals surface area contributed by atoms with Gasteiger partial charge in [-0.25, -0.2) is 4.79 Å². The van der Waals surface area contributed by atoms with E-state index in [9.17, 15) is 14.4 Å². The van der Waals surface area contributed by atoms with Gasteiger partial charge < -0.3 is 15.3 Å². The Morgan fingerprint density at radius 2 is 1.72 bits per heavy atom. The first-order chi connectivity index (χ1) is 15.4. The molecular weight excluding hydrogens is 424 g/mol. The summed E-state index contributed by atoms with van der Waals surface area (Å²) >= 11 is 4.34. The van der Waals surface area contributed by atoms with Gasteiger partial charge >= 0.3 is 5.97 Å². The Labute approximate surface area is 195 Å². The second-order valence-corrected chi connectivity index (χ2v) is 8.15. The third-order valence-electron chi connectivity index (χ3n) is 5.27. The second kappa shape index (κ2) is 13.6. The third kappa shape index (κ3) is 8.38. The van der Waals surface area contributed by atoms with Crippen molar-refractivity contribution in [2.75, 3.05) is 18.8 Å². The number of aromatic carboxylic acids is 1. The first-order valence-corrected chi connectivity index (χ1v) is 11.6. The van der Waals surface area contributed by atoms with Gasteiger partial charge in [0.15, 0.2) is 0 Å². The van der Waals surface area contributed by atoms with Gasteiger partial charge in [-0.1, -0.05) is 55.8 Å². The SMILES string of the molecule is CCCCC(=O)N(CCNC(=O)C(CS)Cc1ccccc1)Cc1ccc(C(=O)O)cc1. The van der Waals surface area contributed by atoms with Crippen LogP contribution in [0.25, 0.3) is 0 Å². The normalized spacial score (nSPS) is 11.6. The zero-order valence-electron chi connectivity index (χ0n) is 18.5. The molecule has 1 atom stereocenters. The summed E-state index contributed by atoms with van der Waals surface area (Å²) in [5.41, 5.74) is 2.15. The van der Waals surface area contributed by atoms with Crippen LogP contribution in [0.1, 0.15) is 47.7 Å². The van der Waals surface area contributed by atoms with E-state index in [1.807, 2.05) is 37.3 Å². The Kier molecular flexibility index (Phi) is 10.8. The van der Waals surface area contributed by atoms with E-state index in [0.29, 0.717) is 38.2 Å². The number of nitrogens with one attached hydrogen (secondary N) is 1. The first kappa shape index (κ1) is 25.5. The molecule has 2 N–H and O–H groups in total. The van der Waals surface area contributed by atoms with Crippen molar-refractivity contribution in [1.82, 2.24) is 10.2 Å². The molecule has 172 valence electrons. The Morgan fingerprint density at radius 3 is 2.31 bits per heavy atom. The fourth-order valence-corrected chi connectivity index (χ4v) is 3.64. The van der Waals surface area contributed by atoms with E-state index in [4.69, 9.17) is 5.11 Å². The van der Waals surface area contributed by atoms with Gasteiger partial charge in [-0.3, -0.25) is 9.59 Å². The van der Waals surface area contributed by atoms with Crippen molar-refractivity contribution in [3.05, 3.63) is 71.3 Å². The van der Waals surface area contributed by atoms with Gasteiger partial charge in [0.2, 0.25) is 11.8 Å². The Balaban J connectivity index is 1.95. The van der Waals surface area contributed by atoms with Crippen LogP contribution in [0, 0.1) is 5.92 Å². The average Bonchev–Trinajstić information content (AvgIpc) is 2.81. The molecule has 0 bridgehead atoms. The number of rotatable bonds is 13. The molecule has 0 aliphatic carbocycles. The number of thiol groups is 1. The van der Waals surface area contributed by atoms with Crippen molar-refractivity contribution in [3.8, 4) is 0 Å². The van der Waals surface area contributed by atoms with Crippen molar-refractivity contribution >= 4 is 30.4 Å². The van der Waals surface area contributed by atoms with E-state index in [2.05, 4.69) is 17.9 Å². The fourth-order valence-electron chi connectivity index (χ4n) is 3.35. The molecule has 0 saturated carbocycles. The lowest BCUT2D eigenvalue weighted by Gasteiger charge is -2.24.